The molecule has 2 aliphatic rings. The highest BCUT2D eigenvalue weighted by molar-refractivity contribution is 5.98. The molecule has 23 heavy (non-hydrogen) atoms. The molecule has 0 aromatic carbocycles. The van der Waals surface area contributed by atoms with Crippen LogP contribution in [0, 0.1) is 12.0 Å². The number of carbonyl (C=O) groups is 2. The van der Waals surface area contributed by atoms with E-state index in [1.807, 2.05) is 13.2 Å². The number of carboxylic acids is 2. The van der Waals surface area contributed by atoms with E-state index in [4.69, 9.17) is 5.11 Å². The van der Waals surface area contributed by atoms with Crippen LogP contribution in [-0.2, 0) is 9.59 Å². The summed E-state index contributed by atoms with van der Waals surface area (Å²) in [7, 11) is 2.03. The van der Waals surface area contributed by atoms with E-state index in [1.54, 1.807) is 17.9 Å². The summed E-state index contributed by atoms with van der Waals surface area (Å²) in [5.41, 5.74) is 1.22. The third kappa shape index (κ3) is 4.02. The summed E-state index contributed by atoms with van der Waals surface area (Å²) in [6.07, 6.45) is 6.53. The maximum absolute atomic E-state index is 11.4. The van der Waals surface area contributed by atoms with E-state index in [0.717, 1.165) is 31.0 Å². The van der Waals surface area contributed by atoms with E-state index in [9.17, 15) is 14.7 Å². The van der Waals surface area contributed by atoms with Crippen LogP contribution in [0.3, 0.4) is 0 Å². The maximum Gasteiger partial charge on any atom is 0.336 e. The molecule has 122 valence electrons. The highest BCUT2D eigenvalue weighted by Gasteiger charge is 2.28. The van der Waals surface area contributed by atoms with Crippen LogP contribution in [-0.4, -0.2) is 58.1 Å². The Hall–Kier alpha value is -2.52. The van der Waals surface area contributed by atoms with E-state index < -0.39 is 11.9 Å². The molecule has 1 saturated heterocycles. The lowest BCUT2D eigenvalue weighted by molar-refractivity contribution is -0.134. The second-order valence-electron chi connectivity index (χ2n) is 5.63. The van der Waals surface area contributed by atoms with Crippen molar-refractivity contribution in [1.29, 1.82) is 0 Å². The molecular formula is C17H20N2O4. The predicted molar refractivity (Wildman–Crippen MR) is 85.3 cm³/mol. The Labute approximate surface area is 135 Å². The van der Waals surface area contributed by atoms with Crippen LogP contribution >= 0.6 is 0 Å². The number of nitrogens with zero attached hydrogens (tertiary/aromatic N) is 2. The molecule has 2 N–H and O–H groups in total. The molecule has 1 atom stereocenters. The molecule has 0 amide bonds. The minimum atomic E-state index is -1.27. The molecule has 2 rings (SSSR count). The number of likely N-dealkylation sites (tertiary alicyclic amines) is 1. The van der Waals surface area contributed by atoms with Gasteiger partial charge in [0.15, 0.2) is 0 Å². The molecule has 2 heterocycles. The van der Waals surface area contributed by atoms with Crippen molar-refractivity contribution in [3.8, 4) is 12.0 Å². The lowest BCUT2D eigenvalue weighted by Crippen LogP contribution is -2.31. The molecule has 0 bridgehead atoms. The lowest BCUT2D eigenvalue weighted by atomic mass is 9.95. The molecule has 0 aliphatic carbocycles. The van der Waals surface area contributed by atoms with Crippen LogP contribution in [0.1, 0.15) is 19.8 Å². The number of carboxylic acid groups (broad SMARTS) is 2. The molecule has 0 spiro atoms. The van der Waals surface area contributed by atoms with E-state index in [0.29, 0.717) is 5.57 Å². The summed E-state index contributed by atoms with van der Waals surface area (Å²) in [4.78, 5) is 26.3. The lowest BCUT2D eigenvalue weighted by Gasteiger charge is -2.28. The van der Waals surface area contributed by atoms with Crippen molar-refractivity contribution in [2.45, 2.75) is 25.8 Å². The summed E-state index contributed by atoms with van der Waals surface area (Å²) in [6, 6.07) is 3.11. The van der Waals surface area contributed by atoms with Crippen LogP contribution < -0.4 is 0 Å². The number of rotatable bonds is 4. The van der Waals surface area contributed by atoms with Gasteiger partial charge in [-0.05, 0) is 44.5 Å². The second kappa shape index (κ2) is 7.16. The highest BCUT2D eigenvalue weighted by atomic mass is 16.4. The van der Waals surface area contributed by atoms with Gasteiger partial charge >= 0.3 is 11.9 Å². The smallest absolute Gasteiger partial charge is 0.336 e. The van der Waals surface area contributed by atoms with Gasteiger partial charge in [0.1, 0.15) is 0 Å². The number of likely N-dealkylation sites (N-methyl/N-ethyl adjacent to an activating group) is 1. The number of hydrogen-bond donors (Lipinski definition) is 2. The quantitative estimate of drug-likeness (QED) is 0.601. The molecule has 0 aromatic heterocycles. The number of hydrogen-bond acceptors (Lipinski definition) is 4. The van der Waals surface area contributed by atoms with Crippen LogP contribution in [0.5, 0.6) is 0 Å². The Morgan fingerprint density at radius 2 is 2.13 bits per heavy atom. The highest BCUT2D eigenvalue weighted by Crippen LogP contribution is 2.28. The van der Waals surface area contributed by atoms with Gasteiger partial charge in [-0.15, -0.1) is 0 Å². The standard InChI is InChI=1S/C17H20N2O4/c1-3-6-19-10-12(14(17(22)23)9-16(20)21)8-13(11-19)15-5-4-7-18(15)2/h8-9,11,15H,4-5,7,10H2,1-2H3,(H,20,21)(H,22,23)/b14-9-. The zero-order valence-electron chi connectivity index (χ0n) is 13.2. The minimum absolute atomic E-state index is 0.200. The van der Waals surface area contributed by atoms with Crippen molar-refractivity contribution < 1.29 is 19.8 Å². The fourth-order valence-electron chi connectivity index (χ4n) is 3.00. The zero-order valence-corrected chi connectivity index (χ0v) is 13.2. The summed E-state index contributed by atoms with van der Waals surface area (Å²) in [5, 5.41) is 18.3. The largest absolute Gasteiger partial charge is 0.478 e. The SMILES string of the molecule is CC#CN1C=C(C2CCCN2C)C=C(/C(=C/C(=O)O)C(=O)O)C1. The third-order valence-corrected chi connectivity index (χ3v) is 3.99. The van der Waals surface area contributed by atoms with E-state index in [-0.39, 0.29) is 18.2 Å². The van der Waals surface area contributed by atoms with Gasteiger partial charge in [-0.3, -0.25) is 4.90 Å². The zero-order chi connectivity index (χ0) is 17.0. The number of aliphatic carboxylic acids is 2. The first kappa shape index (κ1) is 16.8. The summed E-state index contributed by atoms with van der Waals surface area (Å²) in [6.45, 7) is 2.95. The summed E-state index contributed by atoms with van der Waals surface area (Å²) >= 11 is 0. The van der Waals surface area contributed by atoms with Gasteiger partial charge in [-0.2, -0.15) is 0 Å². The first-order valence-electron chi connectivity index (χ1n) is 7.42. The Morgan fingerprint density at radius 3 is 2.65 bits per heavy atom. The van der Waals surface area contributed by atoms with Crippen LogP contribution in [0.25, 0.3) is 0 Å². The van der Waals surface area contributed by atoms with Gasteiger partial charge < -0.3 is 15.1 Å². The van der Waals surface area contributed by atoms with Crippen molar-refractivity contribution in [3.05, 3.63) is 35.1 Å². The molecule has 0 radical (unpaired) electrons. The van der Waals surface area contributed by atoms with Crippen molar-refractivity contribution in [3.63, 3.8) is 0 Å². The van der Waals surface area contributed by atoms with Gasteiger partial charge in [-0.25, -0.2) is 9.59 Å². The molecule has 0 saturated carbocycles. The monoisotopic (exact) mass is 316 g/mol. The van der Waals surface area contributed by atoms with E-state index >= 15 is 0 Å². The normalized spacial score (nSPS) is 22.1. The van der Waals surface area contributed by atoms with Crippen molar-refractivity contribution >= 4 is 11.9 Å². The van der Waals surface area contributed by atoms with Crippen molar-refractivity contribution in [2.75, 3.05) is 20.1 Å². The summed E-state index contributed by atoms with van der Waals surface area (Å²) < 4.78 is 0. The first-order valence-corrected chi connectivity index (χ1v) is 7.42. The van der Waals surface area contributed by atoms with Gasteiger partial charge in [0.25, 0.3) is 0 Å². The fourth-order valence-corrected chi connectivity index (χ4v) is 3.00. The Balaban J connectivity index is 2.43. The van der Waals surface area contributed by atoms with Gasteiger partial charge in [0, 0.05) is 24.4 Å². The van der Waals surface area contributed by atoms with Gasteiger partial charge in [-0.1, -0.05) is 12.0 Å². The van der Waals surface area contributed by atoms with Crippen molar-refractivity contribution in [2.24, 2.45) is 0 Å². The van der Waals surface area contributed by atoms with Gasteiger partial charge in [0.05, 0.1) is 12.1 Å². The topological polar surface area (TPSA) is 81.1 Å². The third-order valence-electron chi connectivity index (χ3n) is 3.99. The molecule has 6 nitrogen and oxygen atoms in total. The molecule has 6 heteroatoms. The Bertz CT molecular complexity index is 664. The predicted octanol–water partition coefficient (Wildman–Crippen LogP) is 1.28. The molecule has 1 unspecified atom stereocenters. The fraction of sp³-hybridized carbons (Fsp3) is 0.412. The Kier molecular flexibility index (Phi) is 5.24. The average molecular weight is 316 g/mol. The summed E-state index contributed by atoms with van der Waals surface area (Å²) in [5.74, 6) is 0.278. The van der Waals surface area contributed by atoms with E-state index in [1.165, 1.54) is 0 Å². The first-order chi connectivity index (χ1) is 10.9. The minimum Gasteiger partial charge on any atom is -0.478 e. The molecule has 0 aromatic rings. The maximum atomic E-state index is 11.4. The van der Waals surface area contributed by atoms with Gasteiger partial charge in [0.2, 0.25) is 0 Å². The second-order valence-corrected chi connectivity index (χ2v) is 5.63. The average Bonchev–Trinajstić information content (AvgIpc) is 2.90. The molecular weight excluding hydrogens is 296 g/mol. The Morgan fingerprint density at radius 1 is 1.39 bits per heavy atom. The van der Waals surface area contributed by atoms with Crippen LogP contribution in [0.2, 0.25) is 0 Å². The van der Waals surface area contributed by atoms with Crippen LogP contribution in [0.15, 0.2) is 35.1 Å². The van der Waals surface area contributed by atoms with Crippen LogP contribution in [0.4, 0.5) is 0 Å². The van der Waals surface area contributed by atoms with E-state index in [2.05, 4.69) is 16.9 Å². The molecule has 2 aliphatic heterocycles. The molecule has 1 fully saturated rings. The van der Waals surface area contributed by atoms with Crippen molar-refractivity contribution in [1.82, 2.24) is 9.80 Å².